The average Bonchev–Trinajstić information content (AvgIpc) is 3.24. The maximum Gasteiger partial charge on any atom is 0.341 e. The Kier molecular flexibility index (Phi) is 8.68. The summed E-state index contributed by atoms with van der Waals surface area (Å²) in [5.41, 5.74) is 6.36. The maximum atomic E-state index is 11.6. The van der Waals surface area contributed by atoms with Crippen molar-refractivity contribution in [1.82, 2.24) is 19.7 Å². The Morgan fingerprint density at radius 1 is 1.14 bits per heavy atom. The van der Waals surface area contributed by atoms with Gasteiger partial charge in [-0.1, -0.05) is 30.3 Å². The molecule has 35 heavy (non-hydrogen) atoms. The number of amides is 1. The number of carbonyl (C=O) groups excluding carboxylic acids is 1. The number of carboxylic acid groups (broad SMARTS) is 1. The highest BCUT2D eigenvalue weighted by Gasteiger charge is 2.17. The van der Waals surface area contributed by atoms with Crippen LogP contribution in [0.15, 0.2) is 61.1 Å². The van der Waals surface area contributed by atoms with Gasteiger partial charge in [0.1, 0.15) is 18.0 Å². The predicted octanol–water partition coefficient (Wildman–Crippen LogP) is 2.83. The fraction of sp³-hybridized carbons (Fsp3) is 0.208. The van der Waals surface area contributed by atoms with E-state index in [0.717, 1.165) is 16.3 Å². The summed E-state index contributed by atoms with van der Waals surface area (Å²) in [7, 11) is 1.37. The van der Waals surface area contributed by atoms with Crippen molar-refractivity contribution in [2.75, 3.05) is 31.4 Å². The summed E-state index contributed by atoms with van der Waals surface area (Å²) in [5.74, 6) is -0.571. The van der Waals surface area contributed by atoms with Crippen molar-refractivity contribution in [1.29, 1.82) is 0 Å². The van der Waals surface area contributed by atoms with Crippen molar-refractivity contribution in [3.63, 3.8) is 0 Å². The molecule has 0 saturated heterocycles. The maximum absolute atomic E-state index is 11.6. The molecule has 4 aromatic rings. The molecule has 3 heterocycles. The van der Waals surface area contributed by atoms with Gasteiger partial charge in [-0.2, -0.15) is 5.10 Å². The number of hydrogen-bond acceptors (Lipinski definition) is 8. The number of pyridine rings is 2. The molecule has 1 amide bonds. The van der Waals surface area contributed by atoms with Gasteiger partial charge in [0.05, 0.1) is 13.2 Å². The number of aromatic carboxylic acids is 1. The minimum Gasteiger partial charge on any atom is -0.478 e. The van der Waals surface area contributed by atoms with Crippen molar-refractivity contribution < 1.29 is 24.2 Å². The number of nitrogens with zero attached hydrogens (tertiary/aromatic N) is 4. The number of ether oxygens (including phenoxy) is 2. The molecule has 0 spiro atoms. The molecule has 0 fully saturated rings. The molecule has 0 unspecified atom stereocenters. The van der Waals surface area contributed by atoms with Gasteiger partial charge in [0.25, 0.3) is 5.91 Å². The van der Waals surface area contributed by atoms with E-state index >= 15 is 0 Å². The molecule has 0 aliphatic rings. The van der Waals surface area contributed by atoms with E-state index in [2.05, 4.69) is 20.4 Å². The van der Waals surface area contributed by atoms with Gasteiger partial charge >= 0.3 is 5.97 Å². The third-order valence-electron chi connectivity index (χ3n) is 4.66. The lowest BCUT2D eigenvalue weighted by molar-refractivity contribution is -0.119. The molecule has 0 saturated carbocycles. The Balaban J connectivity index is 0.000000256. The second kappa shape index (κ2) is 12.1. The summed E-state index contributed by atoms with van der Waals surface area (Å²) < 4.78 is 11.4. The number of methoxy groups -OCH3 is 1. The quantitative estimate of drug-likeness (QED) is 0.347. The van der Waals surface area contributed by atoms with Crippen LogP contribution in [0.2, 0.25) is 0 Å². The SMILES string of the molecule is CCOc1ccc(Cn2cc(C(=O)O)c(NC(=O)COC)n2)cn1.Nc1nccc2ccccc12. The van der Waals surface area contributed by atoms with E-state index in [1.165, 1.54) is 18.0 Å². The first-order chi connectivity index (χ1) is 16.9. The fourth-order valence-corrected chi connectivity index (χ4v) is 3.12. The molecule has 0 bridgehead atoms. The first kappa shape index (κ1) is 25.1. The molecule has 182 valence electrons. The molecule has 11 heteroatoms. The van der Waals surface area contributed by atoms with E-state index in [0.29, 0.717) is 24.8 Å². The van der Waals surface area contributed by atoms with Crippen LogP contribution in [0.4, 0.5) is 11.6 Å². The largest absolute Gasteiger partial charge is 0.478 e. The number of fused-ring (bicyclic) bond motifs is 1. The summed E-state index contributed by atoms with van der Waals surface area (Å²) in [5, 5.41) is 17.9. The molecule has 3 aromatic heterocycles. The summed E-state index contributed by atoms with van der Waals surface area (Å²) in [6, 6.07) is 13.4. The van der Waals surface area contributed by atoms with E-state index in [4.69, 9.17) is 15.2 Å². The van der Waals surface area contributed by atoms with E-state index in [1.54, 1.807) is 18.5 Å². The molecule has 0 aliphatic carbocycles. The second-order valence-corrected chi connectivity index (χ2v) is 7.23. The minimum atomic E-state index is -1.18. The van der Waals surface area contributed by atoms with E-state index in [9.17, 15) is 14.7 Å². The van der Waals surface area contributed by atoms with Gasteiger partial charge in [0.15, 0.2) is 5.82 Å². The first-order valence-corrected chi connectivity index (χ1v) is 10.7. The molecule has 11 nitrogen and oxygen atoms in total. The molecule has 0 aliphatic heterocycles. The van der Waals surface area contributed by atoms with Crippen LogP contribution in [-0.4, -0.2) is 57.1 Å². The number of carboxylic acids is 1. The number of benzene rings is 1. The lowest BCUT2D eigenvalue weighted by atomic mass is 10.2. The first-order valence-electron chi connectivity index (χ1n) is 10.7. The zero-order valence-electron chi connectivity index (χ0n) is 19.3. The Bertz CT molecular complexity index is 1280. The fourth-order valence-electron chi connectivity index (χ4n) is 3.12. The van der Waals surface area contributed by atoms with E-state index in [-0.39, 0.29) is 18.0 Å². The number of aromatic nitrogens is 4. The molecule has 1 aromatic carbocycles. The average molecular weight is 479 g/mol. The molecule has 0 radical (unpaired) electrons. The smallest absolute Gasteiger partial charge is 0.341 e. The van der Waals surface area contributed by atoms with Crippen molar-refractivity contribution in [3.8, 4) is 5.88 Å². The van der Waals surface area contributed by atoms with Gasteiger partial charge in [-0.25, -0.2) is 14.8 Å². The van der Waals surface area contributed by atoms with E-state index in [1.807, 2.05) is 43.3 Å². The summed E-state index contributed by atoms with van der Waals surface area (Å²) >= 11 is 0. The van der Waals surface area contributed by atoms with Crippen LogP contribution >= 0.6 is 0 Å². The monoisotopic (exact) mass is 478 g/mol. The number of anilines is 2. The lowest BCUT2D eigenvalue weighted by Crippen LogP contribution is -2.19. The Labute approximate surface area is 201 Å². The normalized spacial score (nSPS) is 10.3. The number of nitrogens with two attached hydrogens (primary N) is 1. The summed E-state index contributed by atoms with van der Waals surface area (Å²) in [4.78, 5) is 31.0. The standard InChI is InChI=1S/C15H18N4O5.C9H8N2/c1-3-24-13-5-4-10(6-16-13)7-19-8-11(15(21)22)14(18-19)17-12(20)9-23-2;10-9-8-4-2-1-3-7(8)5-6-11-9/h4-6,8H,3,7,9H2,1-2H3,(H,21,22)(H,17,18,20);1-6H,(H2,10,11). The highest BCUT2D eigenvalue weighted by atomic mass is 16.5. The third-order valence-corrected chi connectivity index (χ3v) is 4.66. The van der Waals surface area contributed by atoms with Gasteiger partial charge in [0.2, 0.25) is 5.88 Å². The predicted molar refractivity (Wildman–Crippen MR) is 130 cm³/mol. The van der Waals surface area contributed by atoms with Crippen molar-refractivity contribution >= 4 is 34.3 Å². The molecule has 4 rings (SSSR count). The van der Waals surface area contributed by atoms with Crippen molar-refractivity contribution in [3.05, 3.63) is 72.2 Å². The minimum absolute atomic E-state index is 0.0246. The van der Waals surface area contributed by atoms with Crippen LogP contribution in [0.5, 0.6) is 5.88 Å². The molecular weight excluding hydrogens is 452 g/mol. The summed E-state index contributed by atoms with van der Waals surface area (Å²) in [6.07, 6.45) is 4.69. The van der Waals surface area contributed by atoms with Crippen LogP contribution in [0, 0.1) is 0 Å². The van der Waals surface area contributed by atoms with Crippen molar-refractivity contribution in [2.24, 2.45) is 0 Å². The van der Waals surface area contributed by atoms with Crippen LogP contribution < -0.4 is 15.8 Å². The Hall–Kier alpha value is -4.51. The molecular formula is C24H26N6O5. The third kappa shape index (κ3) is 6.98. The Morgan fingerprint density at radius 2 is 1.94 bits per heavy atom. The Morgan fingerprint density at radius 3 is 2.60 bits per heavy atom. The second-order valence-electron chi connectivity index (χ2n) is 7.23. The number of rotatable bonds is 8. The van der Waals surface area contributed by atoms with Crippen LogP contribution in [0.3, 0.4) is 0 Å². The van der Waals surface area contributed by atoms with Crippen molar-refractivity contribution in [2.45, 2.75) is 13.5 Å². The zero-order valence-corrected chi connectivity index (χ0v) is 19.3. The van der Waals surface area contributed by atoms with Gasteiger partial charge in [0, 0.05) is 37.2 Å². The van der Waals surface area contributed by atoms with E-state index < -0.39 is 11.9 Å². The molecule has 0 atom stereocenters. The highest BCUT2D eigenvalue weighted by Crippen LogP contribution is 2.17. The van der Waals surface area contributed by atoms with Gasteiger partial charge in [-0.15, -0.1) is 0 Å². The van der Waals surface area contributed by atoms with Crippen LogP contribution in [0.25, 0.3) is 10.8 Å². The zero-order chi connectivity index (χ0) is 25.2. The lowest BCUT2D eigenvalue weighted by Gasteiger charge is -2.04. The number of nitrogen functional groups attached to an aromatic ring is 1. The van der Waals surface area contributed by atoms with Crippen LogP contribution in [-0.2, 0) is 16.1 Å². The highest BCUT2D eigenvalue weighted by molar-refractivity contribution is 5.99. The number of nitrogens with one attached hydrogen (secondary N) is 1. The van der Waals surface area contributed by atoms with Crippen LogP contribution in [0.1, 0.15) is 22.8 Å². The number of hydrogen-bond donors (Lipinski definition) is 3. The van der Waals surface area contributed by atoms with Gasteiger partial charge < -0.3 is 25.6 Å². The summed E-state index contributed by atoms with van der Waals surface area (Å²) in [6.45, 7) is 2.51. The van der Waals surface area contributed by atoms with Gasteiger partial charge in [-0.05, 0) is 23.9 Å². The number of carbonyl (C=O) groups is 2. The molecule has 4 N–H and O–H groups in total. The van der Waals surface area contributed by atoms with Gasteiger partial charge in [-0.3, -0.25) is 9.48 Å². The topological polar surface area (TPSA) is 154 Å².